The highest BCUT2D eigenvalue weighted by Crippen LogP contribution is 2.21. The summed E-state index contributed by atoms with van der Waals surface area (Å²) in [6.45, 7) is 1.89. The zero-order chi connectivity index (χ0) is 18.7. The zero-order valence-electron chi connectivity index (χ0n) is 13.7. The van der Waals surface area contributed by atoms with Gasteiger partial charge in [0.25, 0.3) is 5.91 Å². The van der Waals surface area contributed by atoms with Crippen LogP contribution in [0.25, 0.3) is 5.69 Å². The van der Waals surface area contributed by atoms with E-state index in [9.17, 15) is 9.18 Å². The van der Waals surface area contributed by atoms with E-state index in [0.29, 0.717) is 23.0 Å². The van der Waals surface area contributed by atoms with Crippen molar-refractivity contribution in [1.82, 2.24) is 14.8 Å². The maximum absolute atomic E-state index is 13.4. The summed E-state index contributed by atoms with van der Waals surface area (Å²) in [6.07, 6.45) is 0.542. The Morgan fingerprint density at radius 3 is 2.81 bits per heavy atom. The Balaban J connectivity index is 1.92. The molecule has 0 spiro atoms. The minimum atomic E-state index is -0.653. The number of carbonyl (C=O) groups is 1. The zero-order valence-corrected chi connectivity index (χ0v) is 14.5. The molecule has 1 heterocycles. The van der Waals surface area contributed by atoms with Crippen LogP contribution in [0.1, 0.15) is 28.9 Å². The van der Waals surface area contributed by atoms with E-state index < -0.39 is 11.7 Å². The summed E-state index contributed by atoms with van der Waals surface area (Å²) in [5, 5.41) is 16.2. The fourth-order valence-corrected chi connectivity index (χ4v) is 2.58. The van der Waals surface area contributed by atoms with Crippen LogP contribution in [0.4, 0.5) is 10.1 Å². The maximum atomic E-state index is 13.4. The van der Waals surface area contributed by atoms with Crippen LogP contribution in [-0.4, -0.2) is 20.7 Å². The first-order valence-electron chi connectivity index (χ1n) is 7.75. The van der Waals surface area contributed by atoms with Gasteiger partial charge in [0.2, 0.25) is 5.82 Å². The largest absolute Gasteiger partial charge is 0.319 e. The molecule has 0 atom stereocenters. The molecule has 0 aliphatic carbocycles. The number of aryl methyl sites for hydroxylation is 1. The molecule has 0 aliphatic heterocycles. The minimum Gasteiger partial charge on any atom is -0.319 e. The van der Waals surface area contributed by atoms with Crippen LogP contribution in [0, 0.1) is 17.1 Å². The number of hydrogen-bond donors (Lipinski definition) is 1. The Bertz CT molecular complexity index is 1020. The van der Waals surface area contributed by atoms with Crippen LogP contribution in [-0.2, 0) is 6.42 Å². The normalized spacial score (nSPS) is 10.4. The van der Waals surface area contributed by atoms with Crippen molar-refractivity contribution in [2.24, 2.45) is 0 Å². The number of halogens is 2. The summed E-state index contributed by atoms with van der Waals surface area (Å²) >= 11 is 6.20. The number of nitrogens with one attached hydrogen (secondary N) is 1. The molecule has 3 rings (SSSR count). The molecule has 0 radical (unpaired) electrons. The number of para-hydroxylation sites is 1. The number of hydrogen-bond acceptors (Lipinski definition) is 4. The molecule has 0 fully saturated rings. The molecule has 2 aromatic carbocycles. The van der Waals surface area contributed by atoms with E-state index in [1.54, 1.807) is 24.3 Å². The van der Waals surface area contributed by atoms with Crippen molar-refractivity contribution in [3.63, 3.8) is 0 Å². The van der Waals surface area contributed by atoms with E-state index in [2.05, 4.69) is 15.4 Å². The van der Waals surface area contributed by atoms with E-state index in [1.807, 2.05) is 13.0 Å². The van der Waals surface area contributed by atoms with Crippen LogP contribution < -0.4 is 5.32 Å². The van der Waals surface area contributed by atoms with Gasteiger partial charge in [-0.2, -0.15) is 5.26 Å². The molecule has 3 aromatic rings. The summed E-state index contributed by atoms with van der Waals surface area (Å²) < 4.78 is 14.9. The minimum absolute atomic E-state index is 0.0513. The average Bonchev–Trinajstić information content (AvgIpc) is 3.08. The highest BCUT2D eigenvalue weighted by molar-refractivity contribution is 6.32. The monoisotopic (exact) mass is 369 g/mol. The lowest BCUT2D eigenvalue weighted by Gasteiger charge is -2.05. The molecule has 0 bridgehead atoms. The summed E-state index contributed by atoms with van der Waals surface area (Å²) in [6, 6.07) is 12.5. The Morgan fingerprint density at radius 2 is 2.12 bits per heavy atom. The highest BCUT2D eigenvalue weighted by atomic mass is 35.5. The van der Waals surface area contributed by atoms with E-state index in [4.69, 9.17) is 16.9 Å². The van der Waals surface area contributed by atoms with Crippen molar-refractivity contribution in [3.05, 3.63) is 70.5 Å². The van der Waals surface area contributed by atoms with Crippen molar-refractivity contribution >= 4 is 23.2 Å². The molecule has 8 heteroatoms. The third-order valence-electron chi connectivity index (χ3n) is 3.62. The van der Waals surface area contributed by atoms with Gasteiger partial charge in [-0.05, 0) is 30.3 Å². The topological polar surface area (TPSA) is 83.6 Å². The maximum Gasteiger partial charge on any atom is 0.295 e. The summed E-state index contributed by atoms with van der Waals surface area (Å²) in [5.41, 5.74) is 0.734. The molecule has 0 aliphatic rings. The second-order valence-electron chi connectivity index (χ2n) is 5.33. The van der Waals surface area contributed by atoms with Gasteiger partial charge in [-0.25, -0.2) is 14.1 Å². The van der Waals surface area contributed by atoms with Crippen LogP contribution in [0.5, 0.6) is 0 Å². The SMILES string of the molecule is CCc1nc(C(=O)Nc2ccc(F)c(C#N)c2)nn1-c1ccccc1Cl. The van der Waals surface area contributed by atoms with Gasteiger partial charge in [-0.15, -0.1) is 5.10 Å². The van der Waals surface area contributed by atoms with Crippen molar-refractivity contribution < 1.29 is 9.18 Å². The van der Waals surface area contributed by atoms with Gasteiger partial charge in [-0.3, -0.25) is 4.79 Å². The molecular weight excluding hydrogens is 357 g/mol. The van der Waals surface area contributed by atoms with Crippen molar-refractivity contribution in [2.75, 3.05) is 5.32 Å². The van der Waals surface area contributed by atoms with Gasteiger partial charge >= 0.3 is 0 Å². The third kappa shape index (κ3) is 3.41. The number of carbonyl (C=O) groups excluding carboxylic acids is 1. The third-order valence-corrected chi connectivity index (χ3v) is 3.94. The van der Waals surface area contributed by atoms with Gasteiger partial charge in [0, 0.05) is 12.1 Å². The fraction of sp³-hybridized carbons (Fsp3) is 0.111. The molecule has 1 N–H and O–H groups in total. The number of amides is 1. The first kappa shape index (κ1) is 17.6. The molecule has 0 unspecified atom stereocenters. The molecule has 130 valence electrons. The number of benzene rings is 2. The Kier molecular flexibility index (Phi) is 4.96. The summed E-state index contributed by atoms with van der Waals surface area (Å²) in [5.74, 6) is -0.703. The smallest absolute Gasteiger partial charge is 0.295 e. The van der Waals surface area contributed by atoms with Gasteiger partial charge in [0.1, 0.15) is 17.7 Å². The van der Waals surface area contributed by atoms with Crippen LogP contribution in [0.3, 0.4) is 0 Å². The molecule has 0 saturated heterocycles. The van der Waals surface area contributed by atoms with Crippen LogP contribution >= 0.6 is 11.6 Å². The van der Waals surface area contributed by atoms with E-state index >= 15 is 0 Å². The lowest BCUT2D eigenvalue weighted by molar-refractivity contribution is 0.101. The predicted octanol–water partition coefficient (Wildman–Crippen LogP) is 3.75. The van der Waals surface area contributed by atoms with Crippen LogP contribution in [0.2, 0.25) is 5.02 Å². The average molecular weight is 370 g/mol. The lowest BCUT2D eigenvalue weighted by Crippen LogP contribution is -2.14. The second kappa shape index (κ2) is 7.33. The first-order valence-corrected chi connectivity index (χ1v) is 8.13. The number of nitrogens with zero attached hydrogens (tertiary/aromatic N) is 4. The number of rotatable bonds is 4. The van der Waals surface area contributed by atoms with Crippen molar-refractivity contribution in [2.45, 2.75) is 13.3 Å². The molecule has 6 nitrogen and oxygen atoms in total. The Morgan fingerprint density at radius 1 is 1.35 bits per heavy atom. The molecule has 1 aromatic heterocycles. The van der Waals surface area contributed by atoms with Gasteiger partial charge in [0.05, 0.1) is 16.3 Å². The first-order chi connectivity index (χ1) is 12.5. The number of aromatic nitrogens is 3. The molecule has 1 amide bonds. The number of anilines is 1. The predicted molar refractivity (Wildman–Crippen MR) is 94.8 cm³/mol. The van der Waals surface area contributed by atoms with Gasteiger partial charge < -0.3 is 5.32 Å². The summed E-state index contributed by atoms with van der Waals surface area (Å²) in [4.78, 5) is 16.7. The molecule has 26 heavy (non-hydrogen) atoms. The fourth-order valence-electron chi connectivity index (χ4n) is 2.36. The Hall–Kier alpha value is -3.24. The standard InChI is InChI=1S/C18H13ClFN5O/c1-2-16-23-17(24-25(16)15-6-4-3-5-13(15)19)18(26)22-12-7-8-14(20)11(9-12)10-21/h3-9H,2H2,1H3,(H,22,26). The summed E-state index contributed by atoms with van der Waals surface area (Å²) in [7, 11) is 0. The second-order valence-corrected chi connectivity index (χ2v) is 5.74. The Labute approximate surface area is 153 Å². The van der Waals surface area contributed by atoms with Crippen molar-refractivity contribution in [1.29, 1.82) is 5.26 Å². The van der Waals surface area contributed by atoms with Gasteiger partial charge in [-0.1, -0.05) is 30.7 Å². The van der Waals surface area contributed by atoms with E-state index in [0.717, 1.165) is 6.07 Å². The number of nitriles is 1. The highest BCUT2D eigenvalue weighted by Gasteiger charge is 2.18. The van der Waals surface area contributed by atoms with Gasteiger partial charge in [0.15, 0.2) is 0 Å². The molecule has 0 saturated carbocycles. The van der Waals surface area contributed by atoms with Crippen LogP contribution in [0.15, 0.2) is 42.5 Å². The lowest BCUT2D eigenvalue weighted by atomic mass is 10.2. The van der Waals surface area contributed by atoms with E-state index in [1.165, 1.54) is 16.8 Å². The molecular formula is C18H13ClFN5O. The quantitative estimate of drug-likeness (QED) is 0.759. The van der Waals surface area contributed by atoms with Crippen molar-refractivity contribution in [3.8, 4) is 11.8 Å². The van der Waals surface area contributed by atoms with E-state index in [-0.39, 0.29) is 17.1 Å².